The van der Waals surface area contributed by atoms with Gasteiger partial charge in [-0.15, -0.1) is 0 Å². The Morgan fingerprint density at radius 3 is 2.77 bits per heavy atom. The Balaban J connectivity index is 1.95. The van der Waals surface area contributed by atoms with Crippen LogP contribution in [0, 0.1) is 6.92 Å². The summed E-state index contributed by atoms with van der Waals surface area (Å²) >= 11 is 0. The van der Waals surface area contributed by atoms with E-state index in [2.05, 4.69) is 29.9 Å². The zero-order chi connectivity index (χ0) is 22.6. The number of halogens is 1. The maximum atomic E-state index is 14.5. The van der Waals surface area contributed by atoms with Gasteiger partial charge in [0.25, 0.3) is 0 Å². The van der Waals surface area contributed by atoms with Gasteiger partial charge in [0.15, 0.2) is 0 Å². The van der Waals surface area contributed by atoms with Crippen molar-refractivity contribution < 1.29 is 18.7 Å². The molecule has 0 aliphatic carbocycles. The highest BCUT2D eigenvalue weighted by Gasteiger charge is 2.30. The summed E-state index contributed by atoms with van der Waals surface area (Å²) in [6, 6.07) is 8.03. The number of amides is 1. The number of piperidine rings is 1. The number of aromatic nitrogens is 2. The molecular formula is C22H33FN4O3Si. The maximum absolute atomic E-state index is 14.5. The molecule has 1 saturated heterocycles. The summed E-state index contributed by atoms with van der Waals surface area (Å²) in [6.07, 6.45) is -1.19. The Kier molecular flexibility index (Phi) is 7.50. The first-order chi connectivity index (χ1) is 14.7. The summed E-state index contributed by atoms with van der Waals surface area (Å²) in [5.74, 6) is 0.528. The fraction of sp³-hybridized carbons (Fsp3) is 0.545. The van der Waals surface area contributed by atoms with E-state index in [4.69, 9.17) is 15.2 Å². The number of benzene rings is 1. The topological polar surface area (TPSA) is 91.4 Å². The normalized spacial score (nSPS) is 19.4. The van der Waals surface area contributed by atoms with Crippen LogP contribution in [0.5, 0.6) is 5.88 Å². The smallest absolute Gasteiger partial charge is 0.249 e. The van der Waals surface area contributed by atoms with Crippen molar-refractivity contribution in [3.63, 3.8) is 0 Å². The summed E-state index contributed by atoms with van der Waals surface area (Å²) < 4.78 is 28.5. The lowest BCUT2D eigenvalue weighted by atomic mass is 10.0. The highest BCUT2D eigenvalue weighted by molar-refractivity contribution is 6.76. The van der Waals surface area contributed by atoms with Crippen molar-refractivity contribution in [1.82, 2.24) is 14.9 Å². The van der Waals surface area contributed by atoms with Crippen LogP contribution in [0.1, 0.15) is 22.6 Å². The Bertz CT molecular complexity index is 913. The number of carbonyl (C=O) groups is 1. The first-order valence-electron chi connectivity index (χ1n) is 10.7. The molecule has 170 valence electrons. The van der Waals surface area contributed by atoms with Crippen molar-refractivity contribution in [2.24, 2.45) is 5.73 Å². The molecule has 9 heteroatoms. The lowest BCUT2D eigenvalue weighted by Crippen LogP contribution is -2.44. The highest BCUT2D eigenvalue weighted by Crippen LogP contribution is 2.34. The van der Waals surface area contributed by atoms with Crippen LogP contribution in [0.4, 0.5) is 4.39 Å². The van der Waals surface area contributed by atoms with Gasteiger partial charge >= 0.3 is 0 Å². The van der Waals surface area contributed by atoms with E-state index in [0.29, 0.717) is 48.1 Å². The number of imidazole rings is 1. The lowest BCUT2D eigenvalue weighted by Gasteiger charge is -2.28. The van der Waals surface area contributed by atoms with Gasteiger partial charge in [-0.05, 0) is 32.0 Å². The van der Waals surface area contributed by atoms with Gasteiger partial charge in [0.2, 0.25) is 11.8 Å². The largest absolute Gasteiger partial charge is 0.471 e. The van der Waals surface area contributed by atoms with Gasteiger partial charge in [-0.2, -0.15) is 0 Å². The van der Waals surface area contributed by atoms with Crippen LogP contribution in [-0.4, -0.2) is 55.5 Å². The minimum absolute atomic E-state index is 0.248. The van der Waals surface area contributed by atoms with Crippen molar-refractivity contribution >= 4 is 14.0 Å². The van der Waals surface area contributed by atoms with E-state index in [-0.39, 0.29) is 13.3 Å². The molecule has 3 rings (SSSR count). The molecule has 0 saturated carbocycles. The summed E-state index contributed by atoms with van der Waals surface area (Å²) in [4.78, 5) is 16.7. The van der Waals surface area contributed by atoms with Gasteiger partial charge in [-0.1, -0.05) is 37.8 Å². The van der Waals surface area contributed by atoms with Gasteiger partial charge in [-0.3, -0.25) is 9.36 Å². The number of hydrogen-bond donors (Lipinski definition) is 2. The molecule has 0 spiro atoms. The van der Waals surface area contributed by atoms with Crippen LogP contribution in [-0.2, 0) is 11.5 Å². The lowest BCUT2D eigenvalue weighted by molar-refractivity contribution is 0.0454. The first kappa shape index (κ1) is 23.4. The number of carbonyl (C=O) groups excluding carboxylic acids is 1. The molecule has 1 aromatic heterocycles. The summed E-state index contributed by atoms with van der Waals surface area (Å²) in [7, 11) is -1.22. The van der Waals surface area contributed by atoms with E-state index >= 15 is 0 Å². The van der Waals surface area contributed by atoms with Gasteiger partial charge in [0.05, 0.1) is 0 Å². The SMILES string of the molecule is Cc1nc(-c2ccccc2C(N)=O)c(O[C@@H]2CCNC[C@@H]2F)n1COCC[Si](C)(C)C. The second-order valence-corrected chi connectivity index (χ2v) is 14.8. The maximum Gasteiger partial charge on any atom is 0.249 e. The van der Waals surface area contributed by atoms with E-state index in [1.807, 2.05) is 17.6 Å². The van der Waals surface area contributed by atoms with E-state index < -0.39 is 26.3 Å². The average Bonchev–Trinajstić information content (AvgIpc) is 3.01. The summed E-state index contributed by atoms with van der Waals surface area (Å²) in [5.41, 5.74) is 6.98. The molecule has 2 aromatic rings. The molecule has 3 N–H and O–H groups in total. The number of nitrogens with two attached hydrogens (primary N) is 1. The van der Waals surface area contributed by atoms with E-state index in [1.165, 1.54) is 0 Å². The first-order valence-corrected chi connectivity index (χ1v) is 14.4. The minimum atomic E-state index is -1.22. The van der Waals surface area contributed by atoms with Crippen LogP contribution in [0.3, 0.4) is 0 Å². The number of ether oxygens (including phenoxy) is 2. The molecule has 1 aliphatic heterocycles. The third-order valence-corrected chi connectivity index (χ3v) is 7.09. The molecule has 1 amide bonds. The second kappa shape index (κ2) is 9.93. The molecule has 0 bridgehead atoms. The molecule has 31 heavy (non-hydrogen) atoms. The summed E-state index contributed by atoms with van der Waals surface area (Å²) in [6.45, 7) is 10.6. The van der Waals surface area contributed by atoms with E-state index in [0.717, 1.165) is 6.04 Å². The van der Waals surface area contributed by atoms with Crippen LogP contribution in [0.25, 0.3) is 11.3 Å². The van der Waals surface area contributed by atoms with E-state index in [9.17, 15) is 9.18 Å². The molecule has 2 atom stereocenters. The molecule has 1 fully saturated rings. The van der Waals surface area contributed by atoms with Crippen LogP contribution in [0.15, 0.2) is 24.3 Å². The minimum Gasteiger partial charge on any atom is -0.471 e. The number of alkyl halides is 1. The Labute approximate surface area is 184 Å². The molecule has 0 unspecified atom stereocenters. The zero-order valence-electron chi connectivity index (χ0n) is 18.8. The fourth-order valence-electron chi connectivity index (χ4n) is 3.50. The Morgan fingerprint density at radius 1 is 1.35 bits per heavy atom. The molecule has 1 aromatic carbocycles. The number of aryl methyl sites for hydroxylation is 1. The van der Waals surface area contributed by atoms with Crippen molar-refractivity contribution in [2.75, 3.05) is 19.7 Å². The molecule has 1 aliphatic rings. The van der Waals surface area contributed by atoms with Gasteiger partial charge in [0.1, 0.15) is 30.5 Å². The third-order valence-electron chi connectivity index (χ3n) is 5.39. The zero-order valence-corrected chi connectivity index (χ0v) is 19.8. The van der Waals surface area contributed by atoms with Crippen molar-refractivity contribution in [3.8, 4) is 17.1 Å². The Hall–Kier alpha value is -2.23. The summed E-state index contributed by atoms with van der Waals surface area (Å²) in [5, 5.41) is 3.04. The van der Waals surface area contributed by atoms with Gasteiger partial charge in [0, 0.05) is 32.4 Å². The number of hydrogen-bond acceptors (Lipinski definition) is 5. The molecule has 0 radical (unpaired) electrons. The van der Waals surface area contributed by atoms with Crippen molar-refractivity contribution in [1.29, 1.82) is 0 Å². The molecule has 2 heterocycles. The Morgan fingerprint density at radius 2 is 2.10 bits per heavy atom. The average molecular weight is 449 g/mol. The van der Waals surface area contributed by atoms with Gasteiger partial charge < -0.3 is 20.5 Å². The van der Waals surface area contributed by atoms with Crippen LogP contribution >= 0.6 is 0 Å². The van der Waals surface area contributed by atoms with Gasteiger partial charge in [-0.25, -0.2) is 9.37 Å². The van der Waals surface area contributed by atoms with E-state index in [1.54, 1.807) is 18.2 Å². The standard InChI is InChI=1S/C22H33FN4O3Si/c1-15-26-20(16-7-5-6-8-17(16)21(24)28)22(30-19-9-10-25-13-18(19)23)27(15)14-29-11-12-31(2,3)4/h5-8,18-19,25H,9-14H2,1-4H3,(H2,24,28)/t18-,19+/m0/s1. The van der Waals surface area contributed by atoms with Crippen LogP contribution < -0.4 is 15.8 Å². The number of nitrogens with zero attached hydrogens (tertiary/aromatic N) is 2. The third kappa shape index (κ3) is 5.93. The molecular weight excluding hydrogens is 415 g/mol. The predicted molar refractivity (Wildman–Crippen MR) is 122 cm³/mol. The number of nitrogens with one attached hydrogen (secondary N) is 1. The monoisotopic (exact) mass is 448 g/mol. The molecule has 7 nitrogen and oxygen atoms in total. The predicted octanol–water partition coefficient (Wildman–Crippen LogP) is 3.35. The number of rotatable bonds is 9. The second-order valence-electron chi connectivity index (χ2n) is 9.16. The fourth-order valence-corrected chi connectivity index (χ4v) is 4.26. The quantitative estimate of drug-likeness (QED) is 0.453. The highest BCUT2D eigenvalue weighted by atomic mass is 28.3. The number of primary amides is 1. The van der Waals surface area contributed by atoms with Crippen molar-refractivity contribution in [2.45, 2.75) is 58.0 Å². The van der Waals surface area contributed by atoms with Crippen LogP contribution in [0.2, 0.25) is 25.7 Å². The van der Waals surface area contributed by atoms with Crippen molar-refractivity contribution in [3.05, 3.63) is 35.7 Å².